The summed E-state index contributed by atoms with van der Waals surface area (Å²) in [5.41, 5.74) is 0. The number of esters is 3. The molecule has 0 aromatic heterocycles. The highest BCUT2D eigenvalue weighted by Gasteiger charge is 2.19. The molecule has 332 valence electrons. The predicted octanol–water partition coefficient (Wildman–Crippen LogP) is 15.9. The summed E-state index contributed by atoms with van der Waals surface area (Å²) in [7, 11) is 0. The number of carbonyl (C=O) groups is 3. The Morgan fingerprint density at radius 3 is 0.929 bits per heavy atom. The van der Waals surface area contributed by atoms with Crippen LogP contribution in [0.2, 0.25) is 0 Å². The lowest BCUT2D eigenvalue weighted by molar-refractivity contribution is -0.167. The fraction of sp³-hybridized carbons (Fsp3) is 0.940. The van der Waals surface area contributed by atoms with Gasteiger partial charge in [0.1, 0.15) is 13.2 Å². The van der Waals surface area contributed by atoms with E-state index in [1.165, 1.54) is 173 Å². The largest absolute Gasteiger partial charge is 0.462 e. The molecular weight excluding hydrogens is 697 g/mol. The lowest BCUT2D eigenvalue weighted by atomic mass is 9.99. The van der Waals surface area contributed by atoms with Gasteiger partial charge in [0.05, 0.1) is 0 Å². The van der Waals surface area contributed by atoms with Gasteiger partial charge >= 0.3 is 17.9 Å². The smallest absolute Gasteiger partial charge is 0.306 e. The number of carbonyl (C=O) groups excluding carboxylic acids is 3. The van der Waals surface area contributed by atoms with Crippen LogP contribution in [0.4, 0.5) is 0 Å². The molecule has 0 fully saturated rings. The molecule has 6 nitrogen and oxygen atoms in total. The summed E-state index contributed by atoms with van der Waals surface area (Å²) in [6.07, 6.45) is 45.2. The maximum absolute atomic E-state index is 12.6. The first-order valence-corrected chi connectivity index (χ1v) is 24.9. The maximum Gasteiger partial charge on any atom is 0.306 e. The van der Waals surface area contributed by atoms with E-state index in [-0.39, 0.29) is 31.1 Å². The van der Waals surface area contributed by atoms with Gasteiger partial charge in [-0.1, -0.05) is 240 Å². The van der Waals surface area contributed by atoms with E-state index in [0.29, 0.717) is 19.3 Å². The van der Waals surface area contributed by atoms with Crippen LogP contribution in [0.25, 0.3) is 0 Å². The van der Waals surface area contributed by atoms with Gasteiger partial charge in [-0.2, -0.15) is 0 Å². The molecule has 0 aromatic rings. The van der Waals surface area contributed by atoms with Gasteiger partial charge in [0, 0.05) is 19.3 Å². The van der Waals surface area contributed by atoms with Crippen LogP contribution in [0.5, 0.6) is 0 Å². The molecule has 0 spiro atoms. The summed E-state index contributed by atoms with van der Waals surface area (Å²) in [5, 5.41) is 0. The van der Waals surface area contributed by atoms with Crippen LogP contribution in [0.1, 0.15) is 278 Å². The maximum atomic E-state index is 12.6. The zero-order valence-corrected chi connectivity index (χ0v) is 38.1. The Kier molecular flexibility index (Phi) is 43.2. The molecule has 1 unspecified atom stereocenters. The molecule has 0 bridgehead atoms. The van der Waals surface area contributed by atoms with Crippen LogP contribution < -0.4 is 0 Å². The summed E-state index contributed by atoms with van der Waals surface area (Å²) >= 11 is 0. The third-order valence-electron chi connectivity index (χ3n) is 11.7. The molecule has 0 saturated heterocycles. The Bertz CT molecular complexity index is 843. The topological polar surface area (TPSA) is 78.9 Å². The number of hydrogen-bond donors (Lipinski definition) is 0. The van der Waals surface area contributed by atoms with Crippen molar-refractivity contribution in [1.29, 1.82) is 0 Å². The lowest BCUT2D eigenvalue weighted by Crippen LogP contribution is -2.30. The summed E-state index contributed by atoms with van der Waals surface area (Å²) in [4.78, 5) is 37.7. The number of ether oxygens (including phenoxy) is 3. The minimum atomic E-state index is -0.759. The van der Waals surface area contributed by atoms with Crippen molar-refractivity contribution in [3.05, 3.63) is 0 Å². The van der Waals surface area contributed by atoms with Gasteiger partial charge in [-0.05, 0) is 25.2 Å². The van der Waals surface area contributed by atoms with E-state index in [1.807, 2.05) is 0 Å². The minimum Gasteiger partial charge on any atom is -0.462 e. The molecule has 0 rings (SSSR count). The molecule has 0 aliphatic carbocycles. The Hall–Kier alpha value is -1.59. The third-order valence-corrected chi connectivity index (χ3v) is 11.7. The molecule has 0 aliphatic heterocycles. The third kappa shape index (κ3) is 42.0. The Morgan fingerprint density at radius 1 is 0.357 bits per heavy atom. The summed E-state index contributed by atoms with van der Waals surface area (Å²) < 4.78 is 16.7. The van der Waals surface area contributed by atoms with E-state index >= 15 is 0 Å². The molecule has 56 heavy (non-hydrogen) atoms. The van der Waals surface area contributed by atoms with Gasteiger partial charge in [0.2, 0.25) is 0 Å². The SMILES string of the molecule is CCCCCCCCCCCCCCCCCCCC(=O)OC[C@H](COC(=O)CCCCCCCCCCCCC(C)CC)OC(=O)CCCCCCCCC. The zero-order chi connectivity index (χ0) is 41.0. The van der Waals surface area contributed by atoms with E-state index < -0.39 is 6.10 Å². The highest BCUT2D eigenvalue weighted by Crippen LogP contribution is 2.17. The van der Waals surface area contributed by atoms with Crippen molar-refractivity contribution < 1.29 is 28.6 Å². The van der Waals surface area contributed by atoms with Crippen LogP contribution in [-0.4, -0.2) is 37.2 Å². The van der Waals surface area contributed by atoms with Crippen LogP contribution in [-0.2, 0) is 28.6 Å². The van der Waals surface area contributed by atoms with E-state index in [1.54, 1.807) is 0 Å². The van der Waals surface area contributed by atoms with Crippen LogP contribution in [0.15, 0.2) is 0 Å². The summed E-state index contributed by atoms with van der Waals surface area (Å²) in [5.74, 6) is 0.0147. The molecule has 0 aliphatic rings. The molecule has 0 radical (unpaired) electrons. The second-order valence-electron chi connectivity index (χ2n) is 17.3. The Balaban J connectivity index is 4.18. The standard InChI is InChI=1S/C50H96O6/c1-5-8-10-12-14-15-16-17-18-19-20-21-22-26-30-33-37-41-48(51)54-44-47(56-50(53)43-39-35-28-13-11-9-6-2)45-55-49(52)42-38-34-31-27-24-23-25-29-32-36-40-46(4)7-3/h46-47H,5-45H2,1-4H3/t46?,47-/m1/s1. The van der Waals surface area contributed by atoms with Crippen molar-refractivity contribution in [1.82, 2.24) is 0 Å². The van der Waals surface area contributed by atoms with Crippen LogP contribution >= 0.6 is 0 Å². The fourth-order valence-corrected chi connectivity index (χ4v) is 7.48. The van der Waals surface area contributed by atoms with Gasteiger partial charge in [0.15, 0.2) is 6.10 Å². The molecule has 0 heterocycles. The van der Waals surface area contributed by atoms with Crippen molar-refractivity contribution in [3.8, 4) is 0 Å². The number of unbranched alkanes of at least 4 members (excludes halogenated alkanes) is 31. The van der Waals surface area contributed by atoms with Crippen LogP contribution in [0, 0.1) is 5.92 Å². The van der Waals surface area contributed by atoms with E-state index in [4.69, 9.17) is 14.2 Å². The Morgan fingerprint density at radius 2 is 0.625 bits per heavy atom. The number of hydrogen-bond acceptors (Lipinski definition) is 6. The highest BCUT2D eigenvalue weighted by molar-refractivity contribution is 5.71. The highest BCUT2D eigenvalue weighted by atomic mass is 16.6. The predicted molar refractivity (Wildman–Crippen MR) is 238 cm³/mol. The van der Waals surface area contributed by atoms with Crippen molar-refractivity contribution >= 4 is 17.9 Å². The van der Waals surface area contributed by atoms with Crippen LogP contribution in [0.3, 0.4) is 0 Å². The average molecular weight is 793 g/mol. The first-order chi connectivity index (χ1) is 27.4. The molecule has 6 heteroatoms. The molecular formula is C50H96O6. The summed E-state index contributed by atoms with van der Waals surface area (Å²) in [6, 6.07) is 0. The quantitative estimate of drug-likeness (QED) is 0.0347. The minimum absolute atomic E-state index is 0.0638. The zero-order valence-electron chi connectivity index (χ0n) is 38.1. The second kappa shape index (κ2) is 44.5. The van der Waals surface area contributed by atoms with Crippen molar-refractivity contribution in [2.75, 3.05) is 13.2 Å². The monoisotopic (exact) mass is 793 g/mol. The molecule has 0 saturated carbocycles. The summed E-state index contributed by atoms with van der Waals surface area (Å²) in [6.45, 7) is 9.00. The van der Waals surface area contributed by atoms with E-state index in [0.717, 1.165) is 63.7 Å². The Labute approximate surface area is 348 Å². The second-order valence-corrected chi connectivity index (χ2v) is 17.3. The van der Waals surface area contributed by atoms with Gasteiger partial charge < -0.3 is 14.2 Å². The first kappa shape index (κ1) is 54.4. The molecule has 0 amide bonds. The van der Waals surface area contributed by atoms with Gasteiger partial charge in [0.25, 0.3) is 0 Å². The van der Waals surface area contributed by atoms with Crippen molar-refractivity contribution in [2.45, 2.75) is 284 Å². The first-order valence-electron chi connectivity index (χ1n) is 24.9. The van der Waals surface area contributed by atoms with Crippen molar-refractivity contribution in [2.24, 2.45) is 5.92 Å². The molecule has 2 atom stereocenters. The number of rotatable bonds is 45. The molecule has 0 aromatic carbocycles. The lowest BCUT2D eigenvalue weighted by Gasteiger charge is -2.18. The average Bonchev–Trinajstić information content (AvgIpc) is 3.19. The fourth-order valence-electron chi connectivity index (χ4n) is 7.48. The van der Waals surface area contributed by atoms with E-state index in [9.17, 15) is 14.4 Å². The van der Waals surface area contributed by atoms with Gasteiger partial charge in [-0.25, -0.2) is 0 Å². The van der Waals surface area contributed by atoms with Crippen molar-refractivity contribution in [3.63, 3.8) is 0 Å². The normalized spacial score (nSPS) is 12.4. The van der Waals surface area contributed by atoms with Gasteiger partial charge in [-0.3, -0.25) is 14.4 Å². The van der Waals surface area contributed by atoms with E-state index in [2.05, 4.69) is 27.7 Å². The molecule has 0 N–H and O–H groups in total. The van der Waals surface area contributed by atoms with Gasteiger partial charge in [-0.15, -0.1) is 0 Å².